The summed E-state index contributed by atoms with van der Waals surface area (Å²) in [5.74, 6) is 0.682. The van der Waals surface area contributed by atoms with Gasteiger partial charge in [0.05, 0.1) is 0 Å². The lowest BCUT2D eigenvalue weighted by molar-refractivity contribution is -0.117. The topological polar surface area (TPSA) is 69.6 Å². The molecule has 1 aliphatic heterocycles. The third-order valence-electron chi connectivity index (χ3n) is 4.30. The third-order valence-corrected chi connectivity index (χ3v) is 4.30. The minimum absolute atomic E-state index is 0. The average molecular weight is 479 g/mol. The Labute approximate surface area is 177 Å². The van der Waals surface area contributed by atoms with Gasteiger partial charge in [-0.05, 0) is 37.1 Å². The fourth-order valence-electron chi connectivity index (χ4n) is 3.03. The maximum atomic E-state index is 12.6. The van der Waals surface area contributed by atoms with E-state index < -0.39 is 0 Å². The standard InChI is InChI=1S/C20H25N5O.HI/c1-2-21-20(23-13-10-17-8-5-6-12-22-17)24-15-19(26)25-14-11-16-7-3-4-9-18(16)25;/h3-9,12H,2,10-11,13-15H2,1H3,(H2,21,23,24);1H. The molecule has 0 spiro atoms. The summed E-state index contributed by atoms with van der Waals surface area (Å²) in [6, 6.07) is 13.9. The van der Waals surface area contributed by atoms with Gasteiger partial charge in [-0.1, -0.05) is 24.3 Å². The molecule has 3 rings (SSSR count). The zero-order valence-corrected chi connectivity index (χ0v) is 17.8. The Hall–Kier alpha value is -2.16. The van der Waals surface area contributed by atoms with Crippen LogP contribution in [0.25, 0.3) is 0 Å². The number of aromatic nitrogens is 1. The number of pyridine rings is 1. The number of rotatable bonds is 6. The molecule has 0 fully saturated rings. The number of anilines is 1. The molecule has 2 heterocycles. The van der Waals surface area contributed by atoms with E-state index in [1.54, 1.807) is 6.20 Å². The first-order chi connectivity index (χ1) is 12.8. The highest BCUT2D eigenvalue weighted by Crippen LogP contribution is 2.27. The number of guanidine groups is 1. The summed E-state index contributed by atoms with van der Waals surface area (Å²) in [6.07, 6.45) is 3.51. The number of carbonyl (C=O) groups excluding carboxylic acids is 1. The molecule has 0 atom stereocenters. The monoisotopic (exact) mass is 479 g/mol. The van der Waals surface area contributed by atoms with E-state index in [0.717, 1.165) is 37.3 Å². The van der Waals surface area contributed by atoms with Crippen molar-refractivity contribution in [3.63, 3.8) is 0 Å². The van der Waals surface area contributed by atoms with Crippen LogP contribution in [0.2, 0.25) is 0 Å². The molecule has 0 saturated carbocycles. The summed E-state index contributed by atoms with van der Waals surface area (Å²) >= 11 is 0. The lowest BCUT2D eigenvalue weighted by atomic mass is 10.2. The molecule has 0 unspecified atom stereocenters. The number of aliphatic imine (C=N–C) groups is 1. The number of hydrogen-bond acceptors (Lipinski definition) is 3. The van der Waals surface area contributed by atoms with Crippen LogP contribution < -0.4 is 15.5 Å². The van der Waals surface area contributed by atoms with Gasteiger partial charge in [0.25, 0.3) is 0 Å². The maximum Gasteiger partial charge on any atom is 0.248 e. The highest BCUT2D eigenvalue weighted by molar-refractivity contribution is 14.0. The van der Waals surface area contributed by atoms with Gasteiger partial charge in [-0.25, -0.2) is 4.99 Å². The molecule has 1 aromatic carbocycles. The van der Waals surface area contributed by atoms with Crippen molar-refractivity contribution in [3.8, 4) is 0 Å². The number of carbonyl (C=O) groups is 1. The van der Waals surface area contributed by atoms with E-state index in [4.69, 9.17) is 0 Å². The Bertz CT molecular complexity index is 766. The molecule has 2 N–H and O–H groups in total. The zero-order valence-electron chi connectivity index (χ0n) is 15.5. The smallest absolute Gasteiger partial charge is 0.248 e. The van der Waals surface area contributed by atoms with E-state index in [-0.39, 0.29) is 36.4 Å². The quantitative estimate of drug-likeness (QED) is 0.380. The summed E-state index contributed by atoms with van der Waals surface area (Å²) in [5.41, 5.74) is 3.27. The first-order valence-corrected chi connectivity index (χ1v) is 9.08. The predicted molar refractivity (Wildman–Crippen MR) is 120 cm³/mol. The first-order valence-electron chi connectivity index (χ1n) is 9.08. The van der Waals surface area contributed by atoms with Gasteiger partial charge in [0, 0.05) is 43.6 Å². The lowest BCUT2D eigenvalue weighted by Gasteiger charge is -2.17. The Morgan fingerprint density at radius 2 is 2.00 bits per heavy atom. The Morgan fingerprint density at radius 3 is 2.78 bits per heavy atom. The SMILES string of the molecule is CCNC(=NCC(=O)N1CCc2ccccc21)NCCc1ccccn1.I. The second kappa shape index (κ2) is 10.9. The third kappa shape index (κ3) is 5.92. The van der Waals surface area contributed by atoms with E-state index in [1.165, 1.54) is 5.56 Å². The molecule has 1 aliphatic rings. The van der Waals surface area contributed by atoms with Crippen LogP contribution in [-0.4, -0.2) is 43.0 Å². The van der Waals surface area contributed by atoms with Crippen LogP contribution in [-0.2, 0) is 17.6 Å². The van der Waals surface area contributed by atoms with Crippen molar-refractivity contribution in [1.82, 2.24) is 15.6 Å². The molecule has 0 saturated heterocycles. The number of benzene rings is 1. The van der Waals surface area contributed by atoms with Crippen molar-refractivity contribution in [3.05, 3.63) is 59.9 Å². The molecular formula is C20H26IN5O. The largest absolute Gasteiger partial charge is 0.357 e. The summed E-state index contributed by atoms with van der Waals surface area (Å²) in [4.78, 5) is 23.1. The van der Waals surface area contributed by atoms with Gasteiger partial charge in [0.1, 0.15) is 6.54 Å². The zero-order chi connectivity index (χ0) is 18.2. The fourth-order valence-corrected chi connectivity index (χ4v) is 3.03. The van der Waals surface area contributed by atoms with E-state index in [0.29, 0.717) is 12.5 Å². The van der Waals surface area contributed by atoms with Crippen LogP contribution in [0.1, 0.15) is 18.2 Å². The molecule has 0 bridgehead atoms. The molecule has 2 aromatic rings. The number of fused-ring (bicyclic) bond motifs is 1. The summed E-state index contributed by atoms with van der Waals surface area (Å²) < 4.78 is 0. The van der Waals surface area contributed by atoms with Crippen LogP contribution in [0.4, 0.5) is 5.69 Å². The van der Waals surface area contributed by atoms with Crippen molar-refractivity contribution >= 4 is 41.5 Å². The van der Waals surface area contributed by atoms with Gasteiger partial charge < -0.3 is 15.5 Å². The molecule has 0 radical (unpaired) electrons. The molecular weight excluding hydrogens is 453 g/mol. The number of para-hydroxylation sites is 1. The van der Waals surface area contributed by atoms with E-state index in [2.05, 4.69) is 26.7 Å². The van der Waals surface area contributed by atoms with Crippen LogP contribution >= 0.6 is 24.0 Å². The van der Waals surface area contributed by atoms with Crippen LogP contribution in [0.15, 0.2) is 53.7 Å². The predicted octanol–water partition coefficient (Wildman–Crippen LogP) is 2.39. The second-order valence-electron chi connectivity index (χ2n) is 6.12. The lowest BCUT2D eigenvalue weighted by Crippen LogP contribution is -2.40. The Morgan fingerprint density at radius 1 is 1.19 bits per heavy atom. The van der Waals surface area contributed by atoms with Crippen LogP contribution in [0.5, 0.6) is 0 Å². The molecule has 6 nitrogen and oxygen atoms in total. The van der Waals surface area contributed by atoms with Crippen LogP contribution in [0, 0.1) is 0 Å². The highest BCUT2D eigenvalue weighted by Gasteiger charge is 2.23. The van der Waals surface area contributed by atoms with Crippen molar-refractivity contribution < 1.29 is 4.79 Å². The van der Waals surface area contributed by atoms with Gasteiger partial charge in [-0.3, -0.25) is 9.78 Å². The number of nitrogens with zero attached hydrogens (tertiary/aromatic N) is 3. The minimum Gasteiger partial charge on any atom is -0.357 e. The Kier molecular flexibility index (Phi) is 8.50. The van der Waals surface area contributed by atoms with Crippen LogP contribution in [0.3, 0.4) is 0 Å². The molecule has 1 amide bonds. The van der Waals surface area contributed by atoms with Gasteiger partial charge in [-0.15, -0.1) is 24.0 Å². The minimum atomic E-state index is 0. The second-order valence-corrected chi connectivity index (χ2v) is 6.12. The van der Waals surface area contributed by atoms with Gasteiger partial charge in [0.2, 0.25) is 5.91 Å². The van der Waals surface area contributed by atoms with Gasteiger partial charge >= 0.3 is 0 Å². The molecule has 0 aliphatic carbocycles. The van der Waals surface area contributed by atoms with Gasteiger partial charge in [0.15, 0.2) is 5.96 Å². The average Bonchev–Trinajstić information content (AvgIpc) is 3.11. The molecule has 144 valence electrons. The number of halogens is 1. The van der Waals surface area contributed by atoms with E-state index in [9.17, 15) is 4.79 Å². The molecule has 7 heteroatoms. The summed E-state index contributed by atoms with van der Waals surface area (Å²) in [6.45, 7) is 4.33. The van der Waals surface area contributed by atoms with Crippen molar-refractivity contribution in [2.45, 2.75) is 19.8 Å². The fraction of sp³-hybridized carbons (Fsp3) is 0.350. The van der Waals surface area contributed by atoms with Gasteiger partial charge in [-0.2, -0.15) is 0 Å². The Balaban J connectivity index is 0.00000261. The number of nitrogens with one attached hydrogen (secondary N) is 2. The maximum absolute atomic E-state index is 12.6. The summed E-state index contributed by atoms with van der Waals surface area (Å²) in [7, 11) is 0. The molecule has 1 aromatic heterocycles. The normalized spacial score (nSPS) is 12.9. The van der Waals surface area contributed by atoms with Crippen molar-refractivity contribution in [2.24, 2.45) is 4.99 Å². The molecule has 27 heavy (non-hydrogen) atoms. The van der Waals surface area contributed by atoms with Crippen molar-refractivity contribution in [1.29, 1.82) is 0 Å². The highest BCUT2D eigenvalue weighted by atomic mass is 127. The van der Waals surface area contributed by atoms with Crippen molar-refractivity contribution in [2.75, 3.05) is 31.1 Å². The summed E-state index contributed by atoms with van der Waals surface area (Å²) in [5, 5.41) is 6.44. The van der Waals surface area contributed by atoms with E-state index >= 15 is 0 Å². The number of amides is 1. The number of hydrogen-bond donors (Lipinski definition) is 2. The van der Waals surface area contributed by atoms with E-state index in [1.807, 2.05) is 48.2 Å². The first kappa shape index (κ1) is 21.1.